The summed E-state index contributed by atoms with van der Waals surface area (Å²) in [5.41, 5.74) is 3.02. The van der Waals surface area contributed by atoms with E-state index in [1.807, 2.05) is 18.2 Å². The fourth-order valence-electron chi connectivity index (χ4n) is 2.62. The second-order valence-corrected chi connectivity index (χ2v) is 5.12. The van der Waals surface area contributed by atoms with E-state index >= 15 is 0 Å². The Labute approximate surface area is 113 Å². The van der Waals surface area contributed by atoms with Crippen molar-refractivity contribution in [2.24, 2.45) is 0 Å². The Hall–Kier alpha value is -1.55. The Morgan fingerprint density at radius 3 is 3.00 bits per heavy atom. The van der Waals surface area contributed by atoms with Gasteiger partial charge in [-0.25, -0.2) is 4.79 Å². The third kappa shape index (κ3) is 2.89. The normalized spacial score (nSPS) is 19.4. The highest BCUT2D eigenvalue weighted by molar-refractivity contribution is 5.90. The predicted molar refractivity (Wildman–Crippen MR) is 72.5 cm³/mol. The largest absolute Gasteiger partial charge is 0.459 e. The molecule has 2 aliphatic heterocycles. The van der Waals surface area contributed by atoms with E-state index in [2.05, 4.69) is 5.32 Å². The molecule has 0 spiro atoms. The van der Waals surface area contributed by atoms with Crippen molar-refractivity contribution in [2.45, 2.75) is 31.8 Å². The molecule has 0 bridgehead atoms. The van der Waals surface area contributed by atoms with Gasteiger partial charge in [0.25, 0.3) is 0 Å². The highest BCUT2D eigenvalue weighted by atomic mass is 16.6. The number of benzene rings is 1. The zero-order valence-corrected chi connectivity index (χ0v) is 11.0. The van der Waals surface area contributed by atoms with Crippen LogP contribution < -0.4 is 5.32 Å². The maximum atomic E-state index is 12.1. The number of hydrogen-bond donors (Lipinski definition) is 1. The van der Waals surface area contributed by atoms with Gasteiger partial charge in [0, 0.05) is 25.1 Å². The van der Waals surface area contributed by atoms with Crippen LogP contribution in [0.5, 0.6) is 0 Å². The van der Waals surface area contributed by atoms with Crippen molar-refractivity contribution in [3.05, 3.63) is 29.3 Å². The van der Waals surface area contributed by atoms with Crippen LogP contribution in [0.15, 0.2) is 18.2 Å². The van der Waals surface area contributed by atoms with E-state index in [1.165, 1.54) is 5.56 Å². The molecular formula is C15H19NO3. The van der Waals surface area contributed by atoms with Crippen LogP contribution in [0.4, 0.5) is 5.69 Å². The number of carbonyl (C=O) groups is 1. The van der Waals surface area contributed by atoms with E-state index < -0.39 is 0 Å². The lowest BCUT2D eigenvalue weighted by Crippen LogP contribution is -2.26. The average molecular weight is 261 g/mol. The van der Waals surface area contributed by atoms with Crippen LogP contribution in [0, 0.1) is 0 Å². The van der Waals surface area contributed by atoms with Crippen molar-refractivity contribution in [1.82, 2.24) is 0 Å². The predicted octanol–water partition coefficient (Wildman–Crippen LogP) is 2.38. The second-order valence-electron chi connectivity index (χ2n) is 5.12. The molecule has 1 fully saturated rings. The number of hydrogen-bond acceptors (Lipinski definition) is 4. The SMILES string of the molecule is O=C(OC1CCOCC1)c1ccc2c(c1)CCCN2. The molecule has 2 heterocycles. The molecule has 0 radical (unpaired) electrons. The number of rotatable bonds is 2. The molecule has 1 N–H and O–H groups in total. The molecule has 19 heavy (non-hydrogen) atoms. The molecule has 4 heteroatoms. The second kappa shape index (κ2) is 5.61. The molecule has 0 amide bonds. The first kappa shape index (κ1) is 12.5. The Morgan fingerprint density at radius 2 is 2.16 bits per heavy atom. The molecular weight excluding hydrogens is 242 g/mol. The quantitative estimate of drug-likeness (QED) is 0.830. The number of carbonyl (C=O) groups excluding carboxylic acids is 1. The molecule has 0 aromatic heterocycles. The first-order valence-electron chi connectivity index (χ1n) is 6.98. The summed E-state index contributed by atoms with van der Waals surface area (Å²) < 4.78 is 10.8. The van der Waals surface area contributed by atoms with E-state index in [0.29, 0.717) is 18.8 Å². The van der Waals surface area contributed by atoms with Gasteiger partial charge in [-0.15, -0.1) is 0 Å². The van der Waals surface area contributed by atoms with Crippen molar-refractivity contribution in [3.63, 3.8) is 0 Å². The summed E-state index contributed by atoms with van der Waals surface area (Å²) in [5.74, 6) is -0.208. The number of anilines is 1. The number of ether oxygens (including phenoxy) is 2. The molecule has 0 unspecified atom stereocenters. The fraction of sp³-hybridized carbons (Fsp3) is 0.533. The lowest BCUT2D eigenvalue weighted by Gasteiger charge is -2.23. The minimum Gasteiger partial charge on any atom is -0.459 e. The highest BCUT2D eigenvalue weighted by Gasteiger charge is 2.20. The fourth-order valence-corrected chi connectivity index (χ4v) is 2.62. The molecule has 102 valence electrons. The van der Waals surface area contributed by atoms with Crippen molar-refractivity contribution in [1.29, 1.82) is 0 Å². The van der Waals surface area contributed by atoms with Crippen molar-refractivity contribution < 1.29 is 14.3 Å². The topological polar surface area (TPSA) is 47.6 Å². The van der Waals surface area contributed by atoms with Gasteiger partial charge in [-0.1, -0.05) is 0 Å². The van der Waals surface area contributed by atoms with E-state index in [1.54, 1.807) is 0 Å². The standard InChI is InChI=1S/C15H19NO3/c17-15(19-13-5-8-18-9-6-13)12-3-4-14-11(10-12)2-1-7-16-14/h3-4,10,13,16H,1-2,5-9H2. The molecule has 1 aromatic rings. The Bertz CT molecular complexity index is 466. The van der Waals surface area contributed by atoms with Crippen molar-refractivity contribution in [3.8, 4) is 0 Å². The summed E-state index contributed by atoms with van der Waals surface area (Å²) in [6, 6.07) is 5.79. The maximum Gasteiger partial charge on any atom is 0.338 e. The van der Waals surface area contributed by atoms with Crippen molar-refractivity contribution >= 4 is 11.7 Å². The van der Waals surface area contributed by atoms with Crippen LogP contribution in [-0.4, -0.2) is 31.8 Å². The zero-order valence-electron chi connectivity index (χ0n) is 11.0. The van der Waals surface area contributed by atoms with Crippen LogP contribution >= 0.6 is 0 Å². The Kier molecular flexibility index (Phi) is 3.69. The summed E-state index contributed by atoms with van der Waals surface area (Å²) in [7, 11) is 0. The molecule has 1 aromatic carbocycles. The summed E-state index contributed by atoms with van der Waals surface area (Å²) in [6.45, 7) is 2.39. The minimum atomic E-state index is -0.208. The molecule has 3 rings (SSSR count). The maximum absolute atomic E-state index is 12.1. The number of aryl methyl sites for hydroxylation is 1. The monoisotopic (exact) mass is 261 g/mol. The summed E-state index contributed by atoms with van der Waals surface area (Å²) in [4.78, 5) is 12.1. The van der Waals surface area contributed by atoms with Gasteiger partial charge in [0.1, 0.15) is 6.10 Å². The zero-order chi connectivity index (χ0) is 13.1. The van der Waals surface area contributed by atoms with Gasteiger partial charge in [0.2, 0.25) is 0 Å². The number of fused-ring (bicyclic) bond motifs is 1. The van der Waals surface area contributed by atoms with E-state index in [-0.39, 0.29) is 12.1 Å². The van der Waals surface area contributed by atoms with Crippen molar-refractivity contribution in [2.75, 3.05) is 25.1 Å². The van der Waals surface area contributed by atoms with Crippen LogP contribution in [0.25, 0.3) is 0 Å². The molecule has 4 nitrogen and oxygen atoms in total. The third-order valence-electron chi connectivity index (χ3n) is 3.72. The molecule has 0 atom stereocenters. The van der Waals surface area contributed by atoms with Gasteiger partial charge < -0.3 is 14.8 Å². The summed E-state index contributed by atoms with van der Waals surface area (Å²) >= 11 is 0. The molecule has 0 saturated carbocycles. The molecule has 2 aliphatic rings. The minimum absolute atomic E-state index is 0.00964. The molecule has 1 saturated heterocycles. The smallest absolute Gasteiger partial charge is 0.338 e. The first-order chi connectivity index (χ1) is 9.33. The van der Waals surface area contributed by atoms with Gasteiger partial charge in [-0.2, -0.15) is 0 Å². The Morgan fingerprint density at radius 1 is 1.32 bits per heavy atom. The van der Waals surface area contributed by atoms with Gasteiger partial charge in [-0.3, -0.25) is 0 Å². The third-order valence-corrected chi connectivity index (χ3v) is 3.72. The lowest BCUT2D eigenvalue weighted by molar-refractivity contribution is -0.0159. The van der Waals surface area contributed by atoms with E-state index in [4.69, 9.17) is 9.47 Å². The van der Waals surface area contributed by atoms with E-state index in [9.17, 15) is 4.79 Å². The Balaban J connectivity index is 1.69. The van der Waals surface area contributed by atoms with Crippen LogP contribution in [-0.2, 0) is 15.9 Å². The number of esters is 1. The highest BCUT2D eigenvalue weighted by Crippen LogP contribution is 2.24. The van der Waals surface area contributed by atoms with Crippen LogP contribution in [0.3, 0.4) is 0 Å². The number of nitrogens with one attached hydrogen (secondary N) is 1. The van der Waals surface area contributed by atoms with Crippen LogP contribution in [0.1, 0.15) is 35.2 Å². The first-order valence-corrected chi connectivity index (χ1v) is 6.98. The van der Waals surface area contributed by atoms with E-state index in [0.717, 1.165) is 37.9 Å². The summed E-state index contributed by atoms with van der Waals surface area (Å²) in [5, 5.41) is 3.34. The average Bonchev–Trinajstić information content (AvgIpc) is 2.48. The van der Waals surface area contributed by atoms with Gasteiger partial charge in [-0.05, 0) is 36.6 Å². The lowest BCUT2D eigenvalue weighted by atomic mass is 10.0. The van der Waals surface area contributed by atoms with Gasteiger partial charge >= 0.3 is 5.97 Å². The molecule has 0 aliphatic carbocycles. The van der Waals surface area contributed by atoms with Crippen LogP contribution in [0.2, 0.25) is 0 Å². The van der Waals surface area contributed by atoms with Gasteiger partial charge in [0.15, 0.2) is 0 Å². The summed E-state index contributed by atoms with van der Waals surface area (Å²) in [6.07, 6.45) is 3.76. The van der Waals surface area contributed by atoms with Gasteiger partial charge in [0.05, 0.1) is 18.8 Å².